The summed E-state index contributed by atoms with van der Waals surface area (Å²) in [5.74, 6) is 0.526. The summed E-state index contributed by atoms with van der Waals surface area (Å²) in [6, 6.07) is 15.3. The molecule has 2 aromatic carbocycles. The van der Waals surface area contributed by atoms with E-state index in [4.69, 9.17) is 20.9 Å². The number of hydrogen-bond donors (Lipinski definition) is 1. The van der Waals surface area contributed by atoms with Crippen LogP contribution in [0, 0.1) is 6.92 Å². The van der Waals surface area contributed by atoms with Gasteiger partial charge in [0.05, 0.1) is 29.4 Å². The summed E-state index contributed by atoms with van der Waals surface area (Å²) >= 11 is 6.48. The highest BCUT2D eigenvalue weighted by molar-refractivity contribution is 6.34. The molecule has 1 aliphatic rings. The third-order valence-corrected chi connectivity index (χ3v) is 5.54. The quantitative estimate of drug-likeness (QED) is 0.645. The minimum absolute atomic E-state index is 0.176. The van der Waals surface area contributed by atoms with Crippen LogP contribution in [0.1, 0.15) is 16.1 Å². The molecule has 1 saturated heterocycles. The molecule has 0 saturated carbocycles. The molecule has 3 aromatic rings. The molecule has 4 rings (SSSR count). The summed E-state index contributed by atoms with van der Waals surface area (Å²) < 4.78 is 10.8. The average Bonchev–Trinajstić information content (AvgIpc) is 3.16. The zero-order chi connectivity index (χ0) is 20.9. The van der Waals surface area contributed by atoms with Crippen molar-refractivity contribution in [3.05, 3.63) is 64.9 Å². The number of benzene rings is 2. The molecule has 7 heteroatoms. The molecule has 0 spiro atoms. The number of aryl methyl sites for hydroxylation is 1. The van der Waals surface area contributed by atoms with E-state index in [0.717, 1.165) is 55.2 Å². The molecular weight excluding hydrogens is 402 g/mol. The van der Waals surface area contributed by atoms with Crippen molar-refractivity contribution in [3.63, 3.8) is 0 Å². The first-order chi connectivity index (χ1) is 14.6. The van der Waals surface area contributed by atoms with Gasteiger partial charge in [-0.05, 0) is 24.6 Å². The molecule has 1 amide bonds. The van der Waals surface area contributed by atoms with E-state index in [1.807, 2.05) is 43.3 Å². The second-order valence-electron chi connectivity index (χ2n) is 7.23. The first-order valence-corrected chi connectivity index (χ1v) is 10.4. The van der Waals surface area contributed by atoms with E-state index in [1.165, 1.54) is 0 Å². The molecule has 1 aromatic heterocycles. The van der Waals surface area contributed by atoms with Crippen molar-refractivity contribution in [2.75, 3.05) is 39.4 Å². The standard InChI is InChI=1S/C23H24ClN3O3/c1-16-21(22(26-30-16)17-5-3-2-4-6-17)18-7-8-19(20(24)15-18)23(28)25-9-10-27-11-13-29-14-12-27/h2-8,15H,9-14H2,1H3,(H,25,28). The molecule has 0 unspecified atom stereocenters. The van der Waals surface area contributed by atoms with Gasteiger partial charge in [0, 0.05) is 31.7 Å². The lowest BCUT2D eigenvalue weighted by atomic mass is 9.98. The number of carbonyl (C=O) groups is 1. The highest BCUT2D eigenvalue weighted by atomic mass is 35.5. The van der Waals surface area contributed by atoms with E-state index in [-0.39, 0.29) is 5.91 Å². The third kappa shape index (κ3) is 4.56. The number of hydrogen-bond acceptors (Lipinski definition) is 5. The van der Waals surface area contributed by atoms with Crippen LogP contribution >= 0.6 is 11.6 Å². The van der Waals surface area contributed by atoms with Crippen molar-refractivity contribution in [2.45, 2.75) is 6.92 Å². The van der Waals surface area contributed by atoms with Gasteiger partial charge >= 0.3 is 0 Å². The van der Waals surface area contributed by atoms with Crippen molar-refractivity contribution in [1.82, 2.24) is 15.4 Å². The van der Waals surface area contributed by atoms with Crippen LogP contribution in [0.2, 0.25) is 5.02 Å². The number of rotatable bonds is 6. The Morgan fingerprint density at radius 2 is 1.90 bits per heavy atom. The molecule has 0 aliphatic carbocycles. The molecule has 6 nitrogen and oxygen atoms in total. The van der Waals surface area contributed by atoms with Gasteiger partial charge in [-0.3, -0.25) is 9.69 Å². The van der Waals surface area contributed by atoms with E-state index in [1.54, 1.807) is 12.1 Å². The second kappa shape index (κ2) is 9.43. The zero-order valence-corrected chi connectivity index (χ0v) is 17.6. The predicted octanol–water partition coefficient (Wildman–Crippen LogP) is 4.03. The summed E-state index contributed by atoms with van der Waals surface area (Å²) in [5.41, 5.74) is 3.92. The first-order valence-electron chi connectivity index (χ1n) is 10.0. The van der Waals surface area contributed by atoms with Gasteiger partial charge in [0.2, 0.25) is 0 Å². The minimum Gasteiger partial charge on any atom is -0.379 e. The maximum absolute atomic E-state index is 12.6. The number of aromatic nitrogens is 1. The lowest BCUT2D eigenvalue weighted by Crippen LogP contribution is -2.41. The SMILES string of the molecule is Cc1onc(-c2ccccc2)c1-c1ccc(C(=O)NCCN2CCOCC2)c(Cl)c1. The Balaban J connectivity index is 1.49. The van der Waals surface area contributed by atoms with E-state index < -0.39 is 0 Å². The van der Waals surface area contributed by atoms with Gasteiger partial charge in [0.1, 0.15) is 11.5 Å². The van der Waals surface area contributed by atoms with Gasteiger partial charge in [-0.15, -0.1) is 0 Å². The molecule has 2 heterocycles. The van der Waals surface area contributed by atoms with Gasteiger partial charge in [0.25, 0.3) is 5.91 Å². The van der Waals surface area contributed by atoms with Crippen molar-refractivity contribution in [3.8, 4) is 22.4 Å². The Bertz CT molecular complexity index is 1010. The van der Waals surface area contributed by atoms with Gasteiger partial charge in [0.15, 0.2) is 0 Å². The third-order valence-electron chi connectivity index (χ3n) is 5.23. The van der Waals surface area contributed by atoms with Crippen molar-refractivity contribution >= 4 is 17.5 Å². The molecule has 0 atom stereocenters. The van der Waals surface area contributed by atoms with E-state index in [0.29, 0.717) is 22.9 Å². The predicted molar refractivity (Wildman–Crippen MR) is 117 cm³/mol. The van der Waals surface area contributed by atoms with Crippen LogP contribution in [-0.2, 0) is 4.74 Å². The van der Waals surface area contributed by atoms with Crippen LogP contribution in [0.4, 0.5) is 0 Å². The highest BCUT2D eigenvalue weighted by Gasteiger charge is 2.19. The van der Waals surface area contributed by atoms with Crippen molar-refractivity contribution < 1.29 is 14.1 Å². The number of amides is 1. The topological polar surface area (TPSA) is 67.6 Å². The van der Waals surface area contributed by atoms with Crippen molar-refractivity contribution in [1.29, 1.82) is 0 Å². The molecule has 1 fully saturated rings. The normalized spacial score (nSPS) is 14.6. The zero-order valence-electron chi connectivity index (χ0n) is 16.9. The van der Waals surface area contributed by atoms with E-state index in [9.17, 15) is 4.79 Å². The average molecular weight is 426 g/mol. The van der Waals surface area contributed by atoms with Crippen LogP contribution in [0.25, 0.3) is 22.4 Å². The fourth-order valence-corrected chi connectivity index (χ4v) is 3.87. The smallest absolute Gasteiger partial charge is 0.252 e. The second-order valence-corrected chi connectivity index (χ2v) is 7.64. The van der Waals surface area contributed by atoms with Crippen molar-refractivity contribution in [2.24, 2.45) is 0 Å². The lowest BCUT2D eigenvalue weighted by Gasteiger charge is -2.26. The van der Waals surface area contributed by atoms with Gasteiger partial charge in [-0.1, -0.05) is 53.2 Å². The lowest BCUT2D eigenvalue weighted by molar-refractivity contribution is 0.0383. The van der Waals surface area contributed by atoms with Crippen LogP contribution in [0.3, 0.4) is 0 Å². The molecular formula is C23H24ClN3O3. The fraction of sp³-hybridized carbons (Fsp3) is 0.304. The van der Waals surface area contributed by atoms with Crippen LogP contribution in [0.5, 0.6) is 0 Å². The Morgan fingerprint density at radius 3 is 2.63 bits per heavy atom. The molecule has 30 heavy (non-hydrogen) atoms. The van der Waals surface area contributed by atoms with Gasteiger partial charge in [-0.25, -0.2) is 0 Å². The fourth-order valence-electron chi connectivity index (χ4n) is 3.61. The number of nitrogens with one attached hydrogen (secondary N) is 1. The van der Waals surface area contributed by atoms with Crippen LogP contribution in [0.15, 0.2) is 53.1 Å². The van der Waals surface area contributed by atoms with E-state index >= 15 is 0 Å². The molecule has 156 valence electrons. The number of nitrogens with zero attached hydrogens (tertiary/aromatic N) is 2. The largest absolute Gasteiger partial charge is 0.379 e. The molecule has 0 bridgehead atoms. The Kier molecular flexibility index (Phi) is 6.47. The highest BCUT2D eigenvalue weighted by Crippen LogP contribution is 2.35. The Hall–Kier alpha value is -2.67. The maximum atomic E-state index is 12.6. The minimum atomic E-state index is -0.176. The summed E-state index contributed by atoms with van der Waals surface area (Å²) in [7, 11) is 0. The summed E-state index contributed by atoms with van der Waals surface area (Å²) in [5, 5.41) is 7.58. The molecule has 1 aliphatic heterocycles. The number of halogens is 1. The summed E-state index contributed by atoms with van der Waals surface area (Å²) in [6.45, 7) is 6.52. The first kappa shape index (κ1) is 20.6. The summed E-state index contributed by atoms with van der Waals surface area (Å²) in [4.78, 5) is 14.9. The van der Waals surface area contributed by atoms with E-state index in [2.05, 4.69) is 15.4 Å². The Morgan fingerprint density at radius 1 is 1.13 bits per heavy atom. The summed E-state index contributed by atoms with van der Waals surface area (Å²) in [6.07, 6.45) is 0. The Labute approximate surface area is 180 Å². The monoisotopic (exact) mass is 425 g/mol. The number of carbonyl (C=O) groups excluding carboxylic acids is 1. The number of morpholine rings is 1. The number of ether oxygens (including phenoxy) is 1. The van der Waals surface area contributed by atoms with Crippen LogP contribution in [-0.4, -0.2) is 55.4 Å². The molecule has 0 radical (unpaired) electrons. The maximum Gasteiger partial charge on any atom is 0.252 e. The molecule has 1 N–H and O–H groups in total. The van der Waals surface area contributed by atoms with Crippen LogP contribution < -0.4 is 5.32 Å². The van der Waals surface area contributed by atoms with Gasteiger partial charge in [-0.2, -0.15) is 0 Å². The van der Waals surface area contributed by atoms with Gasteiger partial charge < -0.3 is 14.6 Å².